The molecule has 0 atom stereocenters. The molecule has 0 saturated heterocycles. The van der Waals surface area contributed by atoms with Crippen molar-refractivity contribution < 1.29 is 8.42 Å². The predicted molar refractivity (Wildman–Crippen MR) is 71.2 cm³/mol. The quantitative estimate of drug-likeness (QED) is 0.659. The molecule has 2 N–H and O–H groups in total. The van der Waals surface area contributed by atoms with Crippen molar-refractivity contribution in [2.75, 3.05) is 13.6 Å². The van der Waals surface area contributed by atoms with E-state index in [1.807, 2.05) is 7.05 Å². The maximum Gasteiger partial charge on any atom is 0.244 e. The summed E-state index contributed by atoms with van der Waals surface area (Å²) < 4.78 is 29.6. The minimum absolute atomic E-state index is 0.0465. The predicted octanol–water partition coefficient (Wildman–Crippen LogP) is -1.29. The van der Waals surface area contributed by atoms with Gasteiger partial charge in [0, 0.05) is 19.8 Å². The first kappa shape index (κ1) is 14.6. The van der Waals surface area contributed by atoms with Crippen molar-refractivity contribution >= 4 is 10.0 Å². The van der Waals surface area contributed by atoms with Crippen molar-refractivity contribution in [3.05, 3.63) is 24.5 Å². The van der Waals surface area contributed by atoms with Crippen LogP contribution in [0.1, 0.15) is 5.82 Å². The molecule has 0 unspecified atom stereocenters. The van der Waals surface area contributed by atoms with Crippen molar-refractivity contribution in [3.8, 4) is 0 Å². The Morgan fingerprint density at radius 1 is 1.40 bits per heavy atom. The van der Waals surface area contributed by atoms with Gasteiger partial charge in [-0.05, 0) is 7.05 Å². The molecule has 0 fully saturated rings. The Kier molecular flexibility index (Phi) is 4.47. The third-order valence-corrected chi connectivity index (χ3v) is 3.93. The molecule has 10 heteroatoms. The van der Waals surface area contributed by atoms with Crippen LogP contribution in [0.3, 0.4) is 0 Å². The zero-order valence-corrected chi connectivity index (χ0v) is 12.1. The summed E-state index contributed by atoms with van der Waals surface area (Å²) >= 11 is 0. The summed E-state index contributed by atoms with van der Waals surface area (Å²) in [5, 5.41) is 11.0. The highest BCUT2D eigenvalue weighted by atomic mass is 32.2. The molecular formula is C10H17N7O2S. The summed E-state index contributed by atoms with van der Waals surface area (Å²) in [4.78, 5) is 4.08. The van der Waals surface area contributed by atoms with E-state index in [1.54, 1.807) is 11.7 Å². The molecule has 2 rings (SSSR count). The Bertz CT molecular complexity index is 661. The third-order valence-electron chi connectivity index (χ3n) is 2.58. The van der Waals surface area contributed by atoms with Gasteiger partial charge in [0.1, 0.15) is 11.2 Å². The average molecular weight is 299 g/mol. The topological polar surface area (TPSA) is 107 Å². The Morgan fingerprint density at radius 3 is 2.85 bits per heavy atom. The molecule has 0 aliphatic heterocycles. The highest BCUT2D eigenvalue weighted by molar-refractivity contribution is 7.89. The molecule has 0 spiro atoms. The van der Waals surface area contributed by atoms with Crippen LogP contribution in [0.5, 0.6) is 0 Å². The first-order valence-corrected chi connectivity index (χ1v) is 7.51. The lowest BCUT2D eigenvalue weighted by Crippen LogP contribution is -2.23. The highest BCUT2D eigenvalue weighted by Crippen LogP contribution is 2.07. The molecular weight excluding hydrogens is 282 g/mol. The van der Waals surface area contributed by atoms with Crippen molar-refractivity contribution in [2.45, 2.75) is 18.0 Å². The molecule has 110 valence electrons. The van der Waals surface area contributed by atoms with Crippen molar-refractivity contribution in [1.29, 1.82) is 0 Å². The van der Waals surface area contributed by atoms with Gasteiger partial charge in [-0.1, -0.05) is 0 Å². The molecule has 0 saturated carbocycles. The van der Waals surface area contributed by atoms with E-state index in [1.165, 1.54) is 23.4 Å². The molecule has 0 bridgehead atoms. The fraction of sp³-hybridized carbons (Fsp3) is 0.500. The Morgan fingerprint density at radius 2 is 2.20 bits per heavy atom. The second kappa shape index (κ2) is 6.11. The Labute approximate surface area is 117 Å². The van der Waals surface area contributed by atoms with E-state index >= 15 is 0 Å². The van der Waals surface area contributed by atoms with Crippen LogP contribution in [-0.2, 0) is 30.2 Å². The summed E-state index contributed by atoms with van der Waals surface area (Å²) in [5.74, 6) is 0.415. The van der Waals surface area contributed by atoms with Gasteiger partial charge in [-0.2, -0.15) is 10.2 Å². The van der Waals surface area contributed by atoms with Crippen molar-refractivity contribution in [1.82, 2.24) is 34.6 Å². The largest absolute Gasteiger partial charge is 0.318 e. The lowest BCUT2D eigenvalue weighted by atomic mass is 10.6. The van der Waals surface area contributed by atoms with Crippen LogP contribution in [0.4, 0.5) is 0 Å². The van der Waals surface area contributed by atoms with Gasteiger partial charge in [-0.15, -0.1) is 0 Å². The number of nitrogens with one attached hydrogen (secondary N) is 2. The van der Waals surface area contributed by atoms with Crippen molar-refractivity contribution in [3.63, 3.8) is 0 Å². The standard InChI is InChI=1S/C10H17N7O2S/c1-11-3-4-17-7-9(5-13-17)20(18,19)14-6-10-12-8-16(2)15-10/h5,7-8,11,14H,3-4,6H2,1-2H3. The fourth-order valence-electron chi connectivity index (χ4n) is 1.54. The first-order chi connectivity index (χ1) is 9.51. The SMILES string of the molecule is CNCCn1cc(S(=O)(=O)NCc2ncn(C)n2)cn1. The Hall–Kier alpha value is -1.78. The van der Waals surface area contributed by atoms with Gasteiger partial charge in [0.05, 0.1) is 19.3 Å². The van der Waals surface area contributed by atoms with E-state index in [0.717, 1.165) is 0 Å². The molecule has 0 amide bonds. The summed E-state index contributed by atoms with van der Waals surface area (Å²) in [6, 6.07) is 0. The van der Waals surface area contributed by atoms with Crippen LogP contribution in [0.2, 0.25) is 0 Å². The minimum atomic E-state index is -3.60. The van der Waals surface area contributed by atoms with Crippen LogP contribution in [0.25, 0.3) is 0 Å². The maximum absolute atomic E-state index is 12.1. The normalized spacial score (nSPS) is 11.9. The van der Waals surface area contributed by atoms with Gasteiger partial charge in [-0.25, -0.2) is 18.1 Å². The number of likely N-dealkylation sites (N-methyl/N-ethyl adjacent to an activating group) is 1. The zero-order chi connectivity index (χ0) is 14.6. The molecule has 0 aliphatic carbocycles. The number of aromatic nitrogens is 5. The van der Waals surface area contributed by atoms with Crippen LogP contribution in [0, 0.1) is 0 Å². The van der Waals surface area contributed by atoms with Gasteiger partial charge in [-0.3, -0.25) is 9.36 Å². The number of aryl methyl sites for hydroxylation is 1. The number of sulfonamides is 1. The van der Waals surface area contributed by atoms with E-state index in [0.29, 0.717) is 18.9 Å². The fourth-order valence-corrected chi connectivity index (χ4v) is 2.47. The van der Waals surface area contributed by atoms with Crippen molar-refractivity contribution in [2.24, 2.45) is 7.05 Å². The number of hydrogen-bond donors (Lipinski definition) is 2. The summed E-state index contributed by atoms with van der Waals surface area (Å²) in [5.41, 5.74) is 0. The van der Waals surface area contributed by atoms with E-state index < -0.39 is 10.0 Å². The number of hydrogen-bond acceptors (Lipinski definition) is 6. The van der Waals surface area contributed by atoms with E-state index in [-0.39, 0.29) is 11.4 Å². The van der Waals surface area contributed by atoms with Gasteiger partial charge >= 0.3 is 0 Å². The molecule has 0 aromatic carbocycles. The van der Waals surface area contributed by atoms with E-state index in [2.05, 4.69) is 25.2 Å². The van der Waals surface area contributed by atoms with Crippen LogP contribution < -0.4 is 10.0 Å². The second-order valence-corrected chi connectivity index (χ2v) is 5.97. The van der Waals surface area contributed by atoms with Crippen LogP contribution in [0.15, 0.2) is 23.6 Å². The van der Waals surface area contributed by atoms with Gasteiger partial charge in [0.2, 0.25) is 10.0 Å². The molecule has 9 nitrogen and oxygen atoms in total. The molecule has 20 heavy (non-hydrogen) atoms. The number of nitrogens with zero attached hydrogens (tertiary/aromatic N) is 5. The van der Waals surface area contributed by atoms with E-state index in [4.69, 9.17) is 0 Å². The van der Waals surface area contributed by atoms with Gasteiger partial charge in [0.25, 0.3) is 0 Å². The summed E-state index contributed by atoms with van der Waals surface area (Å²) in [7, 11) is -0.0554. The van der Waals surface area contributed by atoms with Gasteiger partial charge < -0.3 is 5.32 Å². The second-order valence-electron chi connectivity index (χ2n) is 4.20. The van der Waals surface area contributed by atoms with E-state index in [9.17, 15) is 8.42 Å². The molecule has 2 heterocycles. The third kappa shape index (κ3) is 3.62. The molecule has 0 aliphatic rings. The molecule has 0 radical (unpaired) electrons. The molecule has 2 aromatic rings. The van der Waals surface area contributed by atoms with Crippen LogP contribution >= 0.6 is 0 Å². The van der Waals surface area contributed by atoms with Crippen LogP contribution in [-0.4, -0.2) is 46.6 Å². The monoisotopic (exact) mass is 299 g/mol. The lowest BCUT2D eigenvalue weighted by molar-refractivity contribution is 0.574. The van der Waals surface area contributed by atoms with Gasteiger partial charge in [0.15, 0.2) is 5.82 Å². The Balaban J connectivity index is 2.00. The zero-order valence-electron chi connectivity index (χ0n) is 11.3. The smallest absolute Gasteiger partial charge is 0.244 e. The lowest BCUT2D eigenvalue weighted by Gasteiger charge is -2.02. The summed E-state index contributed by atoms with van der Waals surface area (Å²) in [6.45, 7) is 1.37. The highest BCUT2D eigenvalue weighted by Gasteiger charge is 2.17. The summed E-state index contributed by atoms with van der Waals surface area (Å²) in [6.07, 6.45) is 4.33. The average Bonchev–Trinajstić information content (AvgIpc) is 3.03. The molecule has 2 aromatic heterocycles. The minimum Gasteiger partial charge on any atom is -0.318 e. The first-order valence-electron chi connectivity index (χ1n) is 6.02. The maximum atomic E-state index is 12.1. The number of rotatable bonds is 7.